The maximum Gasteiger partial charge on any atom is 0.271 e. The predicted octanol–water partition coefficient (Wildman–Crippen LogP) is 4.03. The number of H-pyrrole nitrogens is 1. The molecular formula is C14H14N2O2. The van der Waals surface area contributed by atoms with Gasteiger partial charge in [0.05, 0.1) is 10.4 Å². The van der Waals surface area contributed by atoms with E-state index in [1.807, 2.05) is 12.3 Å². The fourth-order valence-electron chi connectivity index (χ4n) is 2.58. The summed E-state index contributed by atoms with van der Waals surface area (Å²) in [5, 5.41) is 11.8. The van der Waals surface area contributed by atoms with Crippen molar-refractivity contribution in [2.45, 2.75) is 25.7 Å². The molecule has 3 rings (SSSR count). The lowest BCUT2D eigenvalue weighted by atomic mass is 9.93. The fourth-order valence-corrected chi connectivity index (χ4v) is 2.58. The molecule has 18 heavy (non-hydrogen) atoms. The Morgan fingerprint density at radius 2 is 2.17 bits per heavy atom. The highest BCUT2D eigenvalue weighted by Gasteiger charge is 2.13. The zero-order valence-corrected chi connectivity index (χ0v) is 9.98. The van der Waals surface area contributed by atoms with E-state index in [1.54, 1.807) is 12.1 Å². The summed E-state index contributed by atoms with van der Waals surface area (Å²) in [6.07, 6.45) is 8.97. The molecule has 92 valence electrons. The van der Waals surface area contributed by atoms with Crippen LogP contribution < -0.4 is 0 Å². The Bertz CT molecular complexity index is 640. The summed E-state index contributed by atoms with van der Waals surface area (Å²) in [4.78, 5) is 13.5. The van der Waals surface area contributed by atoms with Gasteiger partial charge in [-0.1, -0.05) is 6.08 Å². The van der Waals surface area contributed by atoms with Gasteiger partial charge < -0.3 is 4.98 Å². The number of allylic oxidation sites excluding steroid dienone is 2. The highest BCUT2D eigenvalue weighted by atomic mass is 16.6. The van der Waals surface area contributed by atoms with Crippen molar-refractivity contribution in [2.24, 2.45) is 0 Å². The van der Waals surface area contributed by atoms with Gasteiger partial charge in [0.15, 0.2) is 0 Å². The van der Waals surface area contributed by atoms with E-state index >= 15 is 0 Å². The molecule has 0 fully saturated rings. The maximum atomic E-state index is 10.7. The maximum absolute atomic E-state index is 10.7. The number of nitrogens with one attached hydrogen (secondary N) is 1. The van der Waals surface area contributed by atoms with Crippen LogP contribution in [0, 0.1) is 10.1 Å². The van der Waals surface area contributed by atoms with Crippen LogP contribution in [0.15, 0.2) is 30.5 Å². The zero-order valence-electron chi connectivity index (χ0n) is 9.98. The first-order valence-corrected chi connectivity index (χ1v) is 6.20. The minimum atomic E-state index is -0.361. The summed E-state index contributed by atoms with van der Waals surface area (Å²) in [6.45, 7) is 0. The lowest BCUT2D eigenvalue weighted by Gasteiger charge is -2.11. The number of hydrogen-bond donors (Lipinski definition) is 1. The summed E-state index contributed by atoms with van der Waals surface area (Å²) < 4.78 is 0. The molecule has 4 heteroatoms. The molecule has 0 saturated carbocycles. The van der Waals surface area contributed by atoms with E-state index in [4.69, 9.17) is 0 Å². The van der Waals surface area contributed by atoms with Crippen LogP contribution >= 0.6 is 0 Å². The highest BCUT2D eigenvalue weighted by Crippen LogP contribution is 2.32. The summed E-state index contributed by atoms with van der Waals surface area (Å²) >= 11 is 0. The average Bonchev–Trinajstić information content (AvgIpc) is 2.82. The number of nitrogens with zero attached hydrogens (tertiary/aromatic N) is 1. The molecule has 0 amide bonds. The van der Waals surface area contributed by atoms with E-state index in [1.165, 1.54) is 24.0 Å². The summed E-state index contributed by atoms with van der Waals surface area (Å²) in [5.41, 5.74) is 3.53. The predicted molar refractivity (Wildman–Crippen MR) is 71.4 cm³/mol. The second kappa shape index (κ2) is 4.29. The van der Waals surface area contributed by atoms with Crippen molar-refractivity contribution in [1.82, 2.24) is 4.98 Å². The molecular weight excluding hydrogens is 228 g/mol. The highest BCUT2D eigenvalue weighted by molar-refractivity contribution is 5.93. The number of rotatable bonds is 2. The van der Waals surface area contributed by atoms with E-state index in [2.05, 4.69) is 11.1 Å². The number of aromatic amines is 1. The minimum Gasteiger partial charge on any atom is -0.360 e. The molecule has 1 aliphatic rings. The van der Waals surface area contributed by atoms with Gasteiger partial charge in [0.25, 0.3) is 5.69 Å². The Hall–Kier alpha value is -2.10. The van der Waals surface area contributed by atoms with E-state index < -0.39 is 0 Å². The number of nitro benzene ring substituents is 1. The fraction of sp³-hybridized carbons (Fsp3) is 0.286. The smallest absolute Gasteiger partial charge is 0.271 e. The zero-order chi connectivity index (χ0) is 12.5. The molecule has 1 heterocycles. The van der Waals surface area contributed by atoms with Crippen molar-refractivity contribution in [3.63, 3.8) is 0 Å². The Balaban J connectivity index is 2.09. The van der Waals surface area contributed by atoms with Gasteiger partial charge in [0, 0.05) is 29.3 Å². The molecule has 1 aromatic heterocycles. The van der Waals surface area contributed by atoms with Crippen LogP contribution in [0.25, 0.3) is 16.5 Å². The quantitative estimate of drug-likeness (QED) is 0.638. The number of benzene rings is 1. The van der Waals surface area contributed by atoms with Gasteiger partial charge in [0.1, 0.15) is 0 Å². The molecule has 0 bridgehead atoms. The Morgan fingerprint density at radius 1 is 1.28 bits per heavy atom. The van der Waals surface area contributed by atoms with Crippen molar-refractivity contribution in [3.8, 4) is 0 Å². The van der Waals surface area contributed by atoms with Gasteiger partial charge in [-0.25, -0.2) is 0 Å². The first kappa shape index (κ1) is 11.0. The molecule has 1 aromatic carbocycles. The second-order valence-corrected chi connectivity index (χ2v) is 4.66. The first-order chi connectivity index (χ1) is 8.75. The van der Waals surface area contributed by atoms with Gasteiger partial charge in [-0.15, -0.1) is 0 Å². The van der Waals surface area contributed by atoms with E-state index in [0.29, 0.717) is 0 Å². The molecule has 0 radical (unpaired) electrons. The van der Waals surface area contributed by atoms with E-state index in [0.717, 1.165) is 23.7 Å². The van der Waals surface area contributed by atoms with Crippen molar-refractivity contribution < 1.29 is 4.92 Å². The molecule has 0 spiro atoms. The van der Waals surface area contributed by atoms with Crippen LogP contribution in [0.2, 0.25) is 0 Å². The number of non-ortho nitro benzene ring substituents is 1. The normalized spacial score (nSPS) is 15.7. The number of nitro groups is 1. The Labute approximate surface area is 104 Å². The Kier molecular flexibility index (Phi) is 2.63. The van der Waals surface area contributed by atoms with Crippen LogP contribution in [-0.4, -0.2) is 9.91 Å². The van der Waals surface area contributed by atoms with Crippen molar-refractivity contribution in [2.75, 3.05) is 0 Å². The monoisotopic (exact) mass is 242 g/mol. The Morgan fingerprint density at radius 3 is 2.89 bits per heavy atom. The van der Waals surface area contributed by atoms with Crippen LogP contribution in [0.4, 0.5) is 5.69 Å². The molecule has 1 aliphatic carbocycles. The lowest BCUT2D eigenvalue weighted by molar-refractivity contribution is -0.384. The van der Waals surface area contributed by atoms with Crippen molar-refractivity contribution in [3.05, 3.63) is 46.1 Å². The third-order valence-electron chi connectivity index (χ3n) is 3.51. The molecule has 4 nitrogen and oxygen atoms in total. The van der Waals surface area contributed by atoms with E-state index in [-0.39, 0.29) is 10.6 Å². The third-order valence-corrected chi connectivity index (χ3v) is 3.51. The minimum absolute atomic E-state index is 0.133. The van der Waals surface area contributed by atoms with Gasteiger partial charge in [-0.3, -0.25) is 10.1 Å². The van der Waals surface area contributed by atoms with Gasteiger partial charge in [-0.05, 0) is 37.3 Å². The molecule has 0 saturated heterocycles. The SMILES string of the molecule is O=[N+]([O-])c1ccc2c(C3=CCCCC3)c[nH]c2c1. The lowest BCUT2D eigenvalue weighted by Crippen LogP contribution is -1.91. The summed E-state index contributed by atoms with van der Waals surface area (Å²) in [5.74, 6) is 0. The largest absolute Gasteiger partial charge is 0.360 e. The van der Waals surface area contributed by atoms with Crippen molar-refractivity contribution in [1.29, 1.82) is 0 Å². The van der Waals surface area contributed by atoms with Gasteiger partial charge in [-0.2, -0.15) is 0 Å². The van der Waals surface area contributed by atoms with Crippen LogP contribution in [0.5, 0.6) is 0 Å². The molecule has 0 unspecified atom stereocenters. The van der Waals surface area contributed by atoms with Crippen molar-refractivity contribution >= 4 is 22.2 Å². The van der Waals surface area contributed by atoms with Crippen LogP contribution in [0.1, 0.15) is 31.2 Å². The summed E-state index contributed by atoms with van der Waals surface area (Å²) in [7, 11) is 0. The average molecular weight is 242 g/mol. The molecule has 1 N–H and O–H groups in total. The van der Waals surface area contributed by atoms with Gasteiger partial charge in [0.2, 0.25) is 0 Å². The molecule has 0 atom stereocenters. The van der Waals surface area contributed by atoms with Gasteiger partial charge >= 0.3 is 0 Å². The standard InChI is InChI=1S/C14H14N2O2/c17-16(18)11-6-7-12-13(9-15-14(12)8-11)10-4-2-1-3-5-10/h4,6-9,15H,1-3,5H2. The molecule has 2 aromatic rings. The van der Waals surface area contributed by atoms with Crippen LogP contribution in [-0.2, 0) is 0 Å². The first-order valence-electron chi connectivity index (χ1n) is 6.20. The third kappa shape index (κ3) is 1.79. The summed E-state index contributed by atoms with van der Waals surface area (Å²) in [6, 6.07) is 5.01. The topological polar surface area (TPSA) is 58.9 Å². The number of aromatic nitrogens is 1. The molecule has 0 aliphatic heterocycles. The number of hydrogen-bond acceptors (Lipinski definition) is 2. The number of fused-ring (bicyclic) bond motifs is 1. The van der Waals surface area contributed by atoms with Crippen LogP contribution in [0.3, 0.4) is 0 Å². The van der Waals surface area contributed by atoms with E-state index in [9.17, 15) is 10.1 Å². The second-order valence-electron chi connectivity index (χ2n) is 4.66.